The minimum atomic E-state index is -0.825. The molecule has 0 aromatic rings. The van der Waals surface area contributed by atoms with E-state index in [0.29, 0.717) is 25.3 Å². The van der Waals surface area contributed by atoms with E-state index in [2.05, 4.69) is 12.2 Å². The SMILES string of the molecule is CC1CC(C(=O)O)C(C(=O)NCC2(C)CCC2)C1. The Bertz CT molecular complexity index is 349. The van der Waals surface area contributed by atoms with Crippen LogP contribution in [0, 0.1) is 23.2 Å². The lowest BCUT2D eigenvalue weighted by Crippen LogP contribution is -2.43. The molecule has 0 aromatic heterocycles. The summed E-state index contributed by atoms with van der Waals surface area (Å²) < 4.78 is 0. The van der Waals surface area contributed by atoms with Crippen molar-refractivity contribution < 1.29 is 14.7 Å². The summed E-state index contributed by atoms with van der Waals surface area (Å²) in [6, 6.07) is 0. The Morgan fingerprint density at radius 2 is 1.89 bits per heavy atom. The van der Waals surface area contributed by atoms with E-state index in [9.17, 15) is 9.59 Å². The highest BCUT2D eigenvalue weighted by molar-refractivity contribution is 5.85. The standard InChI is InChI=1S/C14H23NO3/c1-9-6-10(11(7-9)13(17)18)12(16)15-8-14(2)4-3-5-14/h9-11H,3-8H2,1-2H3,(H,15,16)(H,17,18). The number of hydrogen-bond donors (Lipinski definition) is 2. The molecule has 0 aromatic carbocycles. The molecule has 102 valence electrons. The van der Waals surface area contributed by atoms with Gasteiger partial charge >= 0.3 is 5.97 Å². The lowest BCUT2D eigenvalue weighted by Gasteiger charge is -2.38. The second kappa shape index (κ2) is 4.90. The smallest absolute Gasteiger partial charge is 0.307 e. The highest BCUT2D eigenvalue weighted by Crippen LogP contribution is 2.40. The van der Waals surface area contributed by atoms with E-state index in [4.69, 9.17) is 5.11 Å². The molecule has 0 spiro atoms. The van der Waals surface area contributed by atoms with Gasteiger partial charge in [-0.1, -0.05) is 20.3 Å². The third kappa shape index (κ3) is 2.68. The van der Waals surface area contributed by atoms with E-state index in [-0.39, 0.29) is 17.2 Å². The van der Waals surface area contributed by atoms with Crippen molar-refractivity contribution in [1.82, 2.24) is 5.32 Å². The van der Waals surface area contributed by atoms with Gasteiger partial charge in [0.15, 0.2) is 0 Å². The molecular formula is C14H23NO3. The van der Waals surface area contributed by atoms with Crippen molar-refractivity contribution in [2.24, 2.45) is 23.2 Å². The summed E-state index contributed by atoms with van der Waals surface area (Å²) in [6.45, 7) is 4.91. The summed E-state index contributed by atoms with van der Waals surface area (Å²) in [6.07, 6.45) is 4.90. The van der Waals surface area contributed by atoms with E-state index in [0.717, 1.165) is 12.8 Å². The lowest BCUT2D eigenvalue weighted by atomic mass is 9.70. The third-order valence-electron chi connectivity index (χ3n) is 4.70. The minimum absolute atomic E-state index is 0.0557. The van der Waals surface area contributed by atoms with Gasteiger partial charge in [0, 0.05) is 6.54 Å². The van der Waals surface area contributed by atoms with Crippen molar-refractivity contribution in [2.45, 2.75) is 46.0 Å². The Balaban J connectivity index is 1.89. The van der Waals surface area contributed by atoms with Gasteiger partial charge in [0.05, 0.1) is 11.8 Å². The molecule has 0 aliphatic heterocycles. The minimum Gasteiger partial charge on any atom is -0.481 e. The number of nitrogens with one attached hydrogen (secondary N) is 1. The number of carbonyl (C=O) groups is 2. The summed E-state index contributed by atoms with van der Waals surface area (Å²) in [5.74, 6) is -1.37. The lowest BCUT2D eigenvalue weighted by molar-refractivity contribution is -0.146. The molecule has 3 unspecified atom stereocenters. The molecule has 0 saturated heterocycles. The van der Waals surface area contributed by atoms with Crippen molar-refractivity contribution in [3.63, 3.8) is 0 Å². The average Bonchev–Trinajstić information content (AvgIpc) is 2.66. The maximum atomic E-state index is 12.1. The molecule has 18 heavy (non-hydrogen) atoms. The molecule has 4 nitrogen and oxygen atoms in total. The number of carboxylic acids is 1. The summed E-state index contributed by atoms with van der Waals surface area (Å²) in [5.41, 5.74) is 0.249. The van der Waals surface area contributed by atoms with Crippen LogP contribution < -0.4 is 5.32 Å². The summed E-state index contributed by atoms with van der Waals surface area (Å²) in [4.78, 5) is 23.3. The highest BCUT2D eigenvalue weighted by atomic mass is 16.4. The van der Waals surface area contributed by atoms with Crippen LogP contribution in [0.4, 0.5) is 0 Å². The van der Waals surface area contributed by atoms with Crippen LogP contribution in [0.15, 0.2) is 0 Å². The second-order valence-electron chi connectivity index (χ2n) is 6.51. The van der Waals surface area contributed by atoms with Crippen LogP contribution in [0.3, 0.4) is 0 Å². The first kappa shape index (κ1) is 13.4. The fourth-order valence-corrected chi connectivity index (χ4v) is 3.24. The summed E-state index contributed by atoms with van der Waals surface area (Å²) >= 11 is 0. The fourth-order valence-electron chi connectivity index (χ4n) is 3.24. The van der Waals surface area contributed by atoms with Crippen molar-refractivity contribution >= 4 is 11.9 Å². The highest BCUT2D eigenvalue weighted by Gasteiger charge is 2.42. The topological polar surface area (TPSA) is 66.4 Å². The fraction of sp³-hybridized carbons (Fsp3) is 0.857. The molecule has 2 fully saturated rings. The van der Waals surface area contributed by atoms with Gasteiger partial charge < -0.3 is 10.4 Å². The molecule has 2 rings (SSSR count). The molecule has 0 radical (unpaired) electrons. The van der Waals surface area contributed by atoms with E-state index in [1.54, 1.807) is 0 Å². The molecule has 0 bridgehead atoms. The van der Waals surface area contributed by atoms with Crippen LogP contribution in [0.2, 0.25) is 0 Å². The van der Waals surface area contributed by atoms with Crippen LogP contribution in [0.25, 0.3) is 0 Å². The maximum Gasteiger partial charge on any atom is 0.307 e. The van der Waals surface area contributed by atoms with Crippen molar-refractivity contribution in [1.29, 1.82) is 0 Å². The molecule has 1 amide bonds. The van der Waals surface area contributed by atoms with Crippen LogP contribution >= 0.6 is 0 Å². The third-order valence-corrected chi connectivity index (χ3v) is 4.70. The number of hydrogen-bond acceptors (Lipinski definition) is 2. The number of carbonyl (C=O) groups excluding carboxylic acids is 1. The van der Waals surface area contributed by atoms with Crippen LogP contribution in [-0.2, 0) is 9.59 Å². The van der Waals surface area contributed by atoms with Gasteiger partial charge in [-0.3, -0.25) is 9.59 Å². The Hall–Kier alpha value is -1.06. The van der Waals surface area contributed by atoms with Gasteiger partial charge in [-0.2, -0.15) is 0 Å². The van der Waals surface area contributed by atoms with Gasteiger partial charge in [-0.15, -0.1) is 0 Å². The monoisotopic (exact) mass is 253 g/mol. The quantitative estimate of drug-likeness (QED) is 0.805. The van der Waals surface area contributed by atoms with Crippen molar-refractivity contribution in [3.8, 4) is 0 Å². The number of carboxylic acid groups (broad SMARTS) is 1. The molecule has 2 aliphatic rings. The van der Waals surface area contributed by atoms with Gasteiger partial charge in [0.1, 0.15) is 0 Å². The van der Waals surface area contributed by atoms with E-state index < -0.39 is 11.9 Å². The number of amides is 1. The average molecular weight is 253 g/mol. The Labute approximate surface area is 108 Å². The molecule has 2 aliphatic carbocycles. The number of aliphatic carboxylic acids is 1. The Morgan fingerprint density at radius 3 is 2.39 bits per heavy atom. The zero-order chi connectivity index (χ0) is 13.3. The van der Waals surface area contributed by atoms with Crippen molar-refractivity contribution in [2.75, 3.05) is 6.54 Å². The van der Waals surface area contributed by atoms with E-state index in [1.807, 2.05) is 6.92 Å². The Morgan fingerprint density at radius 1 is 1.28 bits per heavy atom. The number of rotatable bonds is 4. The van der Waals surface area contributed by atoms with Gasteiger partial charge in [-0.05, 0) is 37.0 Å². The first-order valence-electron chi connectivity index (χ1n) is 6.92. The molecule has 3 atom stereocenters. The van der Waals surface area contributed by atoms with Crippen LogP contribution in [0.1, 0.15) is 46.0 Å². The molecule has 0 heterocycles. The molecule has 2 N–H and O–H groups in total. The summed E-state index contributed by atoms with van der Waals surface area (Å²) in [7, 11) is 0. The largest absolute Gasteiger partial charge is 0.481 e. The zero-order valence-corrected chi connectivity index (χ0v) is 11.2. The predicted octanol–water partition coefficient (Wildman–Crippen LogP) is 2.04. The first-order valence-corrected chi connectivity index (χ1v) is 6.92. The first-order chi connectivity index (χ1) is 8.41. The molecule has 2 saturated carbocycles. The Kier molecular flexibility index (Phi) is 3.64. The van der Waals surface area contributed by atoms with Crippen LogP contribution in [-0.4, -0.2) is 23.5 Å². The molecular weight excluding hydrogens is 230 g/mol. The summed E-state index contributed by atoms with van der Waals surface area (Å²) in [5, 5.41) is 12.1. The predicted molar refractivity (Wildman–Crippen MR) is 68.0 cm³/mol. The molecule has 4 heteroatoms. The second-order valence-corrected chi connectivity index (χ2v) is 6.51. The van der Waals surface area contributed by atoms with Gasteiger partial charge in [0.25, 0.3) is 0 Å². The van der Waals surface area contributed by atoms with Crippen LogP contribution in [0.5, 0.6) is 0 Å². The van der Waals surface area contributed by atoms with E-state index >= 15 is 0 Å². The normalized spacial score (nSPS) is 33.8. The van der Waals surface area contributed by atoms with Gasteiger partial charge in [0.2, 0.25) is 5.91 Å². The maximum absolute atomic E-state index is 12.1. The van der Waals surface area contributed by atoms with E-state index in [1.165, 1.54) is 6.42 Å². The zero-order valence-electron chi connectivity index (χ0n) is 11.2. The van der Waals surface area contributed by atoms with Gasteiger partial charge in [-0.25, -0.2) is 0 Å². The van der Waals surface area contributed by atoms with Crippen molar-refractivity contribution in [3.05, 3.63) is 0 Å².